The van der Waals surface area contributed by atoms with Crippen LogP contribution in [-0.4, -0.2) is 33.7 Å². The average Bonchev–Trinajstić information content (AvgIpc) is 2.93. The molecule has 0 amide bonds. The van der Waals surface area contributed by atoms with E-state index < -0.39 is 28.9 Å². The largest absolute Gasteiger partial charge is 0.480 e. The van der Waals surface area contributed by atoms with Gasteiger partial charge in [0.05, 0.1) is 0 Å². The van der Waals surface area contributed by atoms with E-state index >= 15 is 0 Å². The molecule has 5 saturated carbocycles. The van der Waals surface area contributed by atoms with Crippen LogP contribution in [-0.2, 0) is 24.1 Å². The zero-order valence-electron chi connectivity index (χ0n) is 14.1. The molecule has 7 heteroatoms. The SMILES string of the molecule is O=C(O)C1(C(=O)O)CCC2(CC1)OOC1(O2)C2CC3CC(C2)CC1C3. The summed E-state index contributed by atoms with van der Waals surface area (Å²) in [6.45, 7) is 0. The first-order valence-corrected chi connectivity index (χ1v) is 9.41. The van der Waals surface area contributed by atoms with Crippen LogP contribution in [0.3, 0.4) is 0 Å². The summed E-state index contributed by atoms with van der Waals surface area (Å²) < 4.78 is 6.48. The molecule has 5 aliphatic carbocycles. The van der Waals surface area contributed by atoms with E-state index in [2.05, 4.69) is 0 Å². The van der Waals surface area contributed by atoms with E-state index in [1.165, 1.54) is 6.42 Å². The van der Waals surface area contributed by atoms with Crippen molar-refractivity contribution in [2.24, 2.45) is 29.1 Å². The van der Waals surface area contributed by atoms with Crippen molar-refractivity contribution in [1.29, 1.82) is 0 Å². The predicted octanol–water partition coefficient (Wildman–Crippen LogP) is 2.54. The van der Waals surface area contributed by atoms with Crippen molar-refractivity contribution in [2.75, 3.05) is 0 Å². The topological polar surface area (TPSA) is 102 Å². The van der Waals surface area contributed by atoms with Gasteiger partial charge in [-0.25, -0.2) is 0 Å². The Morgan fingerprint density at radius 2 is 1.28 bits per heavy atom. The van der Waals surface area contributed by atoms with Gasteiger partial charge in [0.15, 0.2) is 5.41 Å². The highest BCUT2D eigenvalue weighted by molar-refractivity contribution is 5.98. The molecular weight excluding hydrogens is 328 g/mol. The number of hydrogen-bond acceptors (Lipinski definition) is 5. The van der Waals surface area contributed by atoms with Gasteiger partial charge in [-0.15, -0.1) is 0 Å². The minimum Gasteiger partial charge on any atom is -0.480 e. The van der Waals surface area contributed by atoms with E-state index in [1.54, 1.807) is 0 Å². The van der Waals surface area contributed by atoms with Crippen molar-refractivity contribution in [3.05, 3.63) is 0 Å². The molecule has 1 saturated heterocycles. The quantitative estimate of drug-likeness (QED) is 0.581. The highest BCUT2D eigenvalue weighted by atomic mass is 17.3. The fraction of sp³-hybridized carbons (Fsp3) is 0.889. The third kappa shape index (κ3) is 2.03. The highest BCUT2D eigenvalue weighted by Gasteiger charge is 2.68. The summed E-state index contributed by atoms with van der Waals surface area (Å²) in [4.78, 5) is 34.6. The molecule has 0 atom stereocenters. The third-order valence-corrected chi connectivity index (χ3v) is 7.63. The molecule has 6 aliphatic rings. The summed E-state index contributed by atoms with van der Waals surface area (Å²) in [5, 5.41) is 18.8. The molecule has 0 radical (unpaired) electrons. The number of carbonyl (C=O) groups is 2. The molecular formula is C18H24O7. The van der Waals surface area contributed by atoms with Crippen LogP contribution in [0, 0.1) is 29.1 Å². The van der Waals surface area contributed by atoms with Gasteiger partial charge in [-0.1, -0.05) is 0 Å². The first-order valence-electron chi connectivity index (χ1n) is 9.41. The Hall–Kier alpha value is -1.18. The number of ether oxygens (including phenoxy) is 1. The van der Waals surface area contributed by atoms with E-state index in [0.29, 0.717) is 11.8 Å². The van der Waals surface area contributed by atoms with E-state index in [0.717, 1.165) is 37.5 Å². The summed E-state index contributed by atoms with van der Waals surface area (Å²) >= 11 is 0. The van der Waals surface area contributed by atoms with Crippen LogP contribution in [0.1, 0.15) is 57.8 Å². The Balaban J connectivity index is 1.37. The molecule has 2 N–H and O–H groups in total. The standard InChI is InChI=1S/C18H24O7/c19-14(20)16(15(21)22)1-3-17(4-2-16)23-18(25-24-17)12-6-10-5-11(8-12)9-13(18)7-10/h10-13H,1-9H2,(H,19,20)(H,21,22). The van der Waals surface area contributed by atoms with Crippen LogP contribution in [0.2, 0.25) is 0 Å². The lowest BCUT2D eigenvalue weighted by Gasteiger charge is -2.57. The van der Waals surface area contributed by atoms with Crippen molar-refractivity contribution < 1.29 is 34.3 Å². The summed E-state index contributed by atoms with van der Waals surface area (Å²) in [5.41, 5.74) is -1.74. The van der Waals surface area contributed by atoms with Gasteiger partial charge in [0.2, 0.25) is 11.6 Å². The molecule has 4 bridgehead atoms. The molecule has 0 aromatic carbocycles. The average molecular weight is 352 g/mol. The van der Waals surface area contributed by atoms with Crippen LogP contribution in [0.5, 0.6) is 0 Å². The van der Waals surface area contributed by atoms with Crippen LogP contribution < -0.4 is 0 Å². The Labute approximate surface area is 145 Å². The number of carboxylic acid groups (broad SMARTS) is 2. The monoisotopic (exact) mass is 352 g/mol. The molecule has 7 nitrogen and oxygen atoms in total. The molecule has 1 heterocycles. The Kier molecular flexibility index (Phi) is 3.18. The highest BCUT2D eigenvalue weighted by Crippen LogP contribution is 2.64. The van der Waals surface area contributed by atoms with Crippen molar-refractivity contribution in [2.45, 2.75) is 69.4 Å². The van der Waals surface area contributed by atoms with Gasteiger partial charge >= 0.3 is 11.9 Å². The van der Waals surface area contributed by atoms with Crippen LogP contribution in [0.15, 0.2) is 0 Å². The second-order valence-corrected chi connectivity index (χ2v) is 8.90. The van der Waals surface area contributed by atoms with Gasteiger partial charge < -0.3 is 14.9 Å². The molecule has 138 valence electrons. The molecule has 0 aromatic rings. The number of hydrogen-bond donors (Lipinski definition) is 2. The van der Waals surface area contributed by atoms with Crippen molar-refractivity contribution in [1.82, 2.24) is 0 Å². The summed E-state index contributed by atoms with van der Waals surface area (Å²) in [7, 11) is 0. The molecule has 0 unspecified atom stereocenters. The lowest BCUT2D eigenvalue weighted by atomic mass is 9.53. The fourth-order valence-corrected chi connectivity index (χ4v) is 6.37. The Bertz CT molecular complexity index is 575. The maximum absolute atomic E-state index is 11.5. The first kappa shape index (κ1) is 16.0. The molecule has 2 spiro atoms. The minimum atomic E-state index is -1.74. The van der Waals surface area contributed by atoms with Crippen molar-refractivity contribution in [3.63, 3.8) is 0 Å². The van der Waals surface area contributed by atoms with Gasteiger partial charge in [0, 0.05) is 24.7 Å². The van der Waals surface area contributed by atoms with Crippen LogP contribution in [0.4, 0.5) is 0 Å². The van der Waals surface area contributed by atoms with E-state index in [4.69, 9.17) is 14.5 Å². The fourth-order valence-electron chi connectivity index (χ4n) is 6.37. The van der Waals surface area contributed by atoms with Gasteiger partial charge in [-0.3, -0.25) is 9.59 Å². The molecule has 25 heavy (non-hydrogen) atoms. The smallest absolute Gasteiger partial charge is 0.321 e. The summed E-state index contributed by atoms with van der Waals surface area (Å²) in [6.07, 6.45) is 6.24. The Morgan fingerprint density at radius 1 is 0.760 bits per heavy atom. The number of rotatable bonds is 2. The number of carboxylic acids is 2. The summed E-state index contributed by atoms with van der Waals surface area (Å²) in [6, 6.07) is 0. The molecule has 1 aliphatic heterocycles. The van der Waals surface area contributed by atoms with Gasteiger partial charge in [-0.05, 0) is 56.8 Å². The van der Waals surface area contributed by atoms with Gasteiger partial charge in [0.25, 0.3) is 0 Å². The molecule has 6 fully saturated rings. The van der Waals surface area contributed by atoms with Crippen molar-refractivity contribution >= 4 is 11.9 Å². The molecule has 6 rings (SSSR count). The zero-order valence-corrected chi connectivity index (χ0v) is 14.1. The third-order valence-electron chi connectivity index (χ3n) is 7.63. The summed E-state index contributed by atoms with van der Waals surface area (Å²) in [5.74, 6) is -2.01. The van der Waals surface area contributed by atoms with Crippen LogP contribution >= 0.6 is 0 Å². The minimum absolute atomic E-state index is 0.00229. The maximum Gasteiger partial charge on any atom is 0.321 e. The van der Waals surface area contributed by atoms with Gasteiger partial charge in [-0.2, -0.15) is 9.78 Å². The van der Waals surface area contributed by atoms with E-state index in [-0.39, 0.29) is 25.7 Å². The van der Waals surface area contributed by atoms with E-state index in [9.17, 15) is 19.8 Å². The van der Waals surface area contributed by atoms with Crippen molar-refractivity contribution in [3.8, 4) is 0 Å². The predicted molar refractivity (Wildman–Crippen MR) is 81.9 cm³/mol. The normalized spacial score (nSPS) is 45.9. The first-order chi connectivity index (χ1) is 11.9. The van der Waals surface area contributed by atoms with E-state index in [1.807, 2.05) is 0 Å². The second kappa shape index (κ2) is 4.96. The zero-order chi connectivity index (χ0) is 17.4. The van der Waals surface area contributed by atoms with Crippen LogP contribution in [0.25, 0.3) is 0 Å². The Morgan fingerprint density at radius 3 is 1.76 bits per heavy atom. The molecule has 0 aromatic heterocycles. The van der Waals surface area contributed by atoms with Gasteiger partial charge in [0.1, 0.15) is 0 Å². The maximum atomic E-state index is 11.5. The second-order valence-electron chi connectivity index (χ2n) is 8.90. The number of aliphatic carboxylic acids is 2. The lowest BCUT2D eigenvalue weighted by molar-refractivity contribution is -0.390. The lowest BCUT2D eigenvalue weighted by Crippen LogP contribution is -2.59.